The Kier molecular flexibility index (Phi) is 4.87. The first kappa shape index (κ1) is 15.9. The highest BCUT2D eigenvalue weighted by Crippen LogP contribution is 2.24. The number of aryl methyl sites for hydroxylation is 2. The predicted molar refractivity (Wildman–Crippen MR) is 92.5 cm³/mol. The van der Waals surface area contributed by atoms with Gasteiger partial charge in [-0.1, -0.05) is 29.8 Å². The van der Waals surface area contributed by atoms with Gasteiger partial charge in [0.2, 0.25) is 0 Å². The minimum Gasteiger partial charge on any atom is -0.299 e. The summed E-state index contributed by atoms with van der Waals surface area (Å²) in [5.41, 5.74) is 4.46. The van der Waals surface area contributed by atoms with Crippen LogP contribution >= 0.6 is 0 Å². The fourth-order valence-electron chi connectivity index (χ4n) is 3.41. The molecule has 1 fully saturated rings. The Bertz CT molecular complexity index is 673. The van der Waals surface area contributed by atoms with Crippen molar-refractivity contribution in [2.75, 3.05) is 13.1 Å². The van der Waals surface area contributed by atoms with Crippen molar-refractivity contribution in [2.45, 2.75) is 33.2 Å². The van der Waals surface area contributed by atoms with Gasteiger partial charge >= 0.3 is 0 Å². The molecule has 0 atom stereocenters. The third-order valence-corrected chi connectivity index (χ3v) is 4.73. The number of Topliss-reactive ketones (excluding diaryl/α,β-unsaturated/α-hetero) is 1. The predicted octanol–water partition coefficient (Wildman–Crippen LogP) is 3.79. The van der Waals surface area contributed by atoms with Gasteiger partial charge in [-0.25, -0.2) is 0 Å². The zero-order valence-electron chi connectivity index (χ0n) is 14.0. The average molecular weight is 308 g/mol. The van der Waals surface area contributed by atoms with Gasteiger partial charge in [0.05, 0.1) is 0 Å². The molecule has 120 valence electrons. The largest absolute Gasteiger partial charge is 0.299 e. The second-order valence-electron chi connectivity index (χ2n) is 6.59. The van der Waals surface area contributed by atoms with Gasteiger partial charge < -0.3 is 0 Å². The highest BCUT2D eigenvalue weighted by molar-refractivity contribution is 5.99. The zero-order chi connectivity index (χ0) is 16.2. The monoisotopic (exact) mass is 308 g/mol. The lowest BCUT2D eigenvalue weighted by Crippen LogP contribution is -2.36. The quantitative estimate of drug-likeness (QED) is 0.806. The number of hydrogen-bond donors (Lipinski definition) is 0. The van der Waals surface area contributed by atoms with E-state index in [2.05, 4.69) is 28.9 Å². The number of carbonyl (C=O) groups excluding carboxylic acids is 1. The highest BCUT2D eigenvalue weighted by atomic mass is 16.1. The summed E-state index contributed by atoms with van der Waals surface area (Å²) in [6.45, 7) is 7.00. The first-order valence-electron chi connectivity index (χ1n) is 8.36. The van der Waals surface area contributed by atoms with Crippen LogP contribution in [0.1, 0.15) is 39.9 Å². The van der Waals surface area contributed by atoms with E-state index >= 15 is 0 Å². The van der Waals surface area contributed by atoms with Gasteiger partial charge in [0.1, 0.15) is 0 Å². The third kappa shape index (κ3) is 3.85. The first-order chi connectivity index (χ1) is 11.1. The molecular weight excluding hydrogens is 284 g/mol. The van der Waals surface area contributed by atoms with E-state index in [1.54, 1.807) is 6.20 Å². The Balaban J connectivity index is 1.59. The van der Waals surface area contributed by atoms with Crippen LogP contribution in [0.3, 0.4) is 0 Å². The number of pyridine rings is 1. The number of carbonyl (C=O) groups is 1. The van der Waals surface area contributed by atoms with E-state index in [0.717, 1.165) is 43.6 Å². The van der Waals surface area contributed by atoms with Crippen LogP contribution in [-0.2, 0) is 6.54 Å². The van der Waals surface area contributed by atoms with Gasteiger partial charge in [0.15, 0.2) is 5.78 Å². The average Bonchev–Trinajstić information content (AvgIpc) is 2.56. The molecule has 1 aromatic carbocycles. The van der Waals surface area contributed by atoms with Crippen molar-refractivity contribution in [3.05, 3.63) is 65.0 Å². The Morgan fingerprint density at radius 2 is 2.00 bits per heavy atom. The molecule has 1 aromatic heterocycles. The molecule has 0 amide bonds. The van der Waals surface area contributed by atoms with Crippen molar-refractivity contribution >= 4 is 5.78 Å². The maximum absolute atomic E-state index is 12.8. The lowest BCUT2D eigenvalue weighted by molar-refractivity contribution is 0.0834. The fourth-order valence-corrected chi connectivity index (χ4v) is 3.41. The van der Waals surface area contributed by atoms with E-state index in [1.165, 1.54) is 11.1 Å². The number of ketones is 1. The number of rotatable bonds is 4. The third-order valence-electron chi connectivity index (χ3n) is 4.73. The molecule has 3 heteroatoms. The molecule has 0 bridgehead atoms. The summed E-state index contributed by atoms with van der Waals surface area (Å²) in [6.07, 6.45) is 5.63. The van der Waals surface area contributed by atoms with Crippen LogP contribution in [0.2, 0.25) is 0 Å². The minimum atomic E-state index is 0.168. The molecule has 0 spiro atoms. The molecule has 0 N–H and O–H groups in total. The summed E-state index contributed by atoms with van der Waals surface area (Å²) >= 11 is 0. The number of hydrogen-bond acceptors (Lipinski definition) is 3. The molecule has 0 unspecified atom stereocenters. The summed E-state index contributed by atoms with van der Waals surface area (Å²) in [4.78, 5) is 19.4. The summed E-state index contributed by atoms with van der Waals surface area (Å²) in [6, 6.07) is 10.2. The SMILES string of the molecule is Cc1ccc(C(=O)C2CCN(Cc3cccnc3)CC2)c(C)c1. The maximum Gasteiger partial charge on any atom is 0.166 e. The molecule has 2 heterocycles. The summed E-state index contributed by atoms with van der Waals surface area (Å²) in [5.74, 6) is 0.491. The standard InChI is InChI=1S/C20H24N2O/c1-15-5-6-19(16(2)12-15)20(23)18-7-10-22(11-8-18)14-17-4-3-9-21-13-17/h3-6,9,12-13,18H,7-8,10-11,14H2,1-2H3. The highest BCUT2D eigenvalue weighted by Gasteiger charge is 2.26. The molecule has 2 aromatic rings. The lowest BCUT2D eigenvalue weighted by Gasteiger charge is -2.31. The molecule has 1 saturated heterocycles. The molecule has 1 aliphatic rings. The van der Waals surface area contributed by atoms with Gasteiger partial charge in [-0.05, 0) is 57.0 Å². The summed E-state index contributed by atoms with van der Waals surface area (Å²) < 4.78 is 0. The van der Waals surface area contributed by atoms with E-state index < -0.39 is 0 Å². The van der Waals surface area contributed by atoms with Crippen LogP contribution in [0.15, 0.2) is 42.7 Å². The van der Waals surface area contributed by atoms with Crippen molar-refractivity contribution in [3.8, 4) is 0 Å². The van der Waals surface area contributed by atoms with Crippen LogP contribution in [0.25, 0.3) is 0 Å². The van der Waals surface area contributed by atoms with Crippen molar-refractivity contribution < 1.29 is 4.79 Å². The number of nitrogens with zero attached hydrogens (tertiary/aromatic N) is 2. The Labute approximate surface area is 138 Å². The molecule has 0 saturated carbocycles. The van der Waals surface area contributed by atoms with Crippen LogP contribution < -0.4 is 0 Å². The minimum absolute atomic E-state index is 0.168. The second kappa shape index (κ2) is 7.05. The van der Waals surface area contributed by atoms with Gasteiger partial charge in [-0.3, -0.25) is 14.7 Å². The topological polar surface area (TPSA) is 33.2 Å². The smallest absolute Gasteiger partial charge is 0.166 e. The van der Waals surface area contributed by atoms with Crippen molar-refractivity contribution in [3.63, 3.8) is 0 Å². The summed E-state index contributed by atoms with van der Waals surface area (Å²) in [7, 11) is 0. The van der Waals surface area contributed by atoms with Gasteiger partial charge in [-0.15, -0.1) is 0 Å². The molecular formula is C20H24N2O. The van der Waals surface area contributed by atoms with Crippen molar-refractivity contribution in [1.29, 1.82) is 0 Å². The Morgan fingerprint density at radius 3 is 2.65 bits per heavy atom. The van der Waals surface area contributed by atoms with Crippen LogP contribution in [0.5, 0.6) is 0 Å². The van der Waals surface area contributed by atoms with Crippen LogP contribution in [-0.4, -0.2) is 28.8 Å². The van der Waals surface area contributed by atoms with Gasteiger partial charge in [-0.2, -0.15) is 0 Å². The molecule has 1 aliphatic heterocycles. The number of piperidine rings is 1. The van der Waals surface area contributed by atoms with Crippen molar-refractivity contribution in [1.82, 2.24) is 9.88 Å². The molecule has 3 nitrogen and oxygen atoms in total. The maximum atomic E-state index is 12.8. The van der Waals surface area contributed by atoms with Gasteiger partial charge in [0, 0.05) is 30.4 Å². The molecule has 0 radical (unpaired) electrons. The lowest BCUT2D eigenvalue weighted by atomic mass is 9.87. The van der Waals surface area contributed by atoms with Gasteiger partial charge in [0.25, 0.3) is 0 Å². The number of benzene rings is 1. The number of aromatic nitrogens is 1. The van der Waals surface area contributed by atoms with E-state index in [-0.39, 0.29) is 5.92 Å². The van der Waals surface area contributed by atoms with E-state index in [0.29, 0.717) is 5.78 Å². The normalized spacial score (nSPS) is 16.4. The van der Waals surface area contributed by atoms with Crippen LogP contribution in [0.4, 0.5) is 0 Å². The molecule has 3 rings (SSSR count). The summed E-state index contributed by atoms with van der Waals surface area (Å²) in [5, 5.41) is 0. The van der Waals surface area contributed by atoms with E-state index in [9.17, 15) is 4.79 Å². The number of likely N-dealkylation sites (tertiary alicyclic amines) is 1. The van der Waals surface area contributed by atoms with Crippen LogP contribution in [0, 0.1) is 19.8 Å². The van der Waals surface area contributed by atoms with Crippen molar-refractivity contribution in [2.24, 2.45) is 5.92 Å². The zero-order valence-corrected chi connectivity index (χ0v) is 14.0. The fraction of sp³-hybridized carbons (Fsp3) is 0.400. The first-order valence-corrected chi connectivity index (χ1v) is 8.36. The Hall–Kier alpha value is -2.00. The molecule has 0 aliphatic carbocycles. The van der Waals surface area contributed by atoms with E-state index in [1.807, 2.05) is 31.3 Å². The second-order valence-corrected chi connectivity index (χ2v) is 6.59. The Morgan fingerprint density at radius 1 is 1.22 bits per heavy atom. The molecule has 23 heavy (non-hydrogen) atoms. The van der Waals surface area contributed by atoms with E-state index in [4.69, 9.17) is 0 Å².